The molecule has 1 atom stereocenters. The number of pyridine rings is 2. The van der Waals surface area contributed by atoms with Crippen LogP contribution in [-0.2, 0) is 0 Å². The van der Waals surface area contributed by atoms with E-state index in [9.17, 15) is 19.2 Å². The molecule has 3 rings (SSSR count). The second-order valence-electron chi connectivity index (χ2n) is 7.78. The van der Waals surface area contributed by atoms with Gasteiger partial charge in [0, 0.05) is 37.1 Å². The van der Waals surface area contributed by atoms with E-state index in [0.29, 0.717) is 42.1 Å². The maximum absolute atomic E-state index is 13.0. The zero-order chi connectivity index (χ0) is 21.5. The van der Waals surface area contributed by atoms with Crippen LogP contribution >= 0.6 is 0 Å². The van der Waals surface area contributed by atoms with Crippen molar-refractivity contribution in [3.8, 4) is 0 Å². The number of carbonyl (C=O) groups excluding carboxylic acids is 2. The lowest BCUT2D eigenvalue weighted by Crippen LogP contribution is -2.56. The van der Waals surface area contributed by atoms with E-state index in [0.717, 1.165) is 0 Å². The zero-order valence-electron chi connectivity index (χ0n) is 17.4. The first-order valence-corrected chi connectivity index (χ1v) is 9.61. The standard InChI is InChI=1S/C21H26N4O4/c1-11-8-13(3)22-18(26)16(11)20(28)24-6-7-25(15(5)10-24)21(29)17-12(2)9-14(4)23-19(17)27/h8-9,15H,6-7,10H2,1-5H3,(H,22,26)(H,23,27)/t15-/m0/s1. The highest BCUT2D eigenvalue weighted by atomic mass is 16.2. The molecular formula is C21H26N4O4. The van der Waals surface area contributed by atoms with Gasteiger partial charge in [-0.25, -0.2) is 0 Å². The Morgan fingerprint density at radius 1 is 0.862 bits per heavy atom. The van der Waals surface area contributed by atoms with Crippen LogP contribution in [0.1, 0.15) is 50.2 Å². The third-order valence-electron chi connectivity index (χ3n) is 5.33. The number of nitrogens with zero attached hydrogens (tertiary/aromatic N) is 2. The van der Waals surface area contributed by atoms with Gasteiger partial charge in [-0.05, 0) is 57.9 Å². The summed E-state index contributed by atoms with van der Waals surface area (Å²) >= 11 is 0. The van der Waals surface area contributed by atoms with E-state index in [4.69, 9.17) is 0 Å². The molecule has 154 valence electrons. The van der Waals surface area contributed by atoms with Gasteiger partial charge >= 0.3 is 0 Å². The molecule has 1 aliphatic rings. The Balaban J connectivity index is 1.81. The van der Waals surface area contributed by atoms with Crippen molar-refractivity contribution in [2.24, 2.45) is 0 Å². The van der Waals surface area contributed by atoms with Crippen molar-refractivity contribution in [3.05, 3.63) is 66.5 Å². The molecule has 3 heterocycles. The van der Waals surface area contributed by atoms with Crippen LogP contribution in [0.3, 0.4) is 0 Å². The number of hydrogen-bond acceptors (Lipinski definition) is 4. The molecule has 2 amide bonds. The Bertz CT molecular complexity index is 1100. The summed E-state index contributed by atoms with van der Waals surface area (Å²) in [7, 11) is 0. The number of carbonyl (C=O) groups is 2. The minimum absolute atomic E-state index is 0.132. The first-order chi connectivity index (χ1) is 13.6. The van der Waals surface area contributed by atoms with E-state index in [1.807, 2.05) is 6.92 Å². The molecule has 0 aromatic carbocycles. The smallest absolute Gasteiger partial charge is 0.261 e. The van der Waals surface area contributed by atoms with Gasteiger partial charge in [0.25, 0.3) is 22.9 Å². The van der Waals surface area contributed by atoms with Crippen molar-refractivity contribution in [1.29, 1.82) is 0 Å². The third kappa shape index (κ3) is 3.87. The summed E-state index contributed by atoms with van der Waals surface area (Å²) in [4.78, 5) is 59.1. The molecule has 2 aromatic heterocycles. The molecule has 2 aromatic rings. The summed E-state index contributed by atoms with van der Waals surface area (Å²) in [6.07, 6.45) is 0. The number of H-pyrrole nitrogens is 2. The first kappa shape index (κ1) is 20.6. The molecule has 0 bridgehead atoms. The molecule has 0 saturated carbocycles. The van der Waals surface area contributed by atoms with Gasteiger partial charge in [-0.3, -0.25) is 19.2 Å². The Hall–Kier alpha value is -3.16. The molecule has 1 aliphatic heterocycles. The van der Waals surface area contributed by atoms with Gasteiger partial charge in [-0.15, -0.1) is 0 Å². The number of rotatable bonds is 2. The number of nitrogens with one attached hydrogen (secondary N) is 2. The molecule has 1 saturated heterocycles. The summed E-state index contributed by atoms with van der Waals surface area (Å²) in [5, 5.41) is 0. The third-order valence-corrected chi connectivity index (χ3v) is 5.33. The Kier molecular flexibility index (Phi) is 5.46. The van der Waals surface area contributed by atoms with Crippen LogP contribution in [0.15, 0.2) is 21.7 Å². The second kappa shape index (κ2) is 7.69. The van der Waals surface area contributed by atoms with Crippen molar-refractivity contribution < 1.29 is 9.59 Å². The number of hydrogen-bond donors (Lipinski definition) is 2. The summed E-state index contributed by atoms with van der Waals surface area (Å²) < 4.78 is 0. The highest BCUT2D eigenvalue weighted by Gasteiger charge is 2.33. The van der Waals surface area contributed by atoms with E-state index in [2.05, 4.69) is 9.97 Å². The van der Waals surface area contributed by atoms with E-state index >= 15 is 0 Å². The van der Waals surface area contributed by atoms with Crippen LogP contribution in [0.25, 0.3) is 0 Å². The van der Waals surface area contributed by atoms with Crippen molar-refractivity contribution in [2.75, 3.05) is 19.6 Å². The molecule has 0 spiro atoms. The van der Waals surface area contributed by atoms with Crippen LogP contribution in [0.2, 0.25) is 0 Å². The fourth-order valence-electron chi connectivity index (χ4n) is 3.98. The van der Waals surface area contributed by atoms with Crippen LogP contribution in [0.4, 0.5) is 0 Å². The summed E-state index contributed by atoms with van der Waals surface area (Å²) in [6.45, 7) is 9.74. The normalized spacial score (nSPS) is 16.8. The van der Waals surface area contributed by atoms with E-state index < -0.39 is 11.1 Å². The van der Waals surface area contributed by atoms with Gasteiger partial charge < -0.3 is 19.8 Å². The van der Waals surface area contributed by atoms with Crippen molar-refractivity contribution >= 4 is 11.8 Å². The monoisotopic (exact) mass is 398 g/mol. The summed E-state index contributed by atoms with van der Waals surface area (Å²) in [6, 6.07) is 3.25. The maximum Gasteiger partial charge on any atom is 0.261 e. The highest BCUT2D eigenvalue weighted by Crippen LogP contribution is 2.17. The van der Waals surface area contributed by atoms with Gasteiger partial charge in [0.05, 0.1) is 0 Å². The second-order valence-corrected chi connectivity index (χ2v) is 7.78. The summed E-state index contributed by atoms with van der Waals surface area (Å²) in [5.41, 5.74) is 2.12. The minimum atomic E-state index is -0.403. The zero-order valence-corrected chi connectivity index (χ0v) is 17.4. The Morgan fingerprint density at radius 2 is 1.34 bits per heavy atom. The fraction of sp³-hybridized carbons (Fsp3) is 0.429. The number of aromatic nitrogens is 2. The lowest BCUT2D eigenvalue weighted by atomic mass is 10.0. The first-order valence-electron chi connectivity index (χ1n) is 9.61. The van der Waals surface area contributed by atoms with Gasteiger partial charge in [-0.1, -0.05) is 0 Å². The Morgan fingerprint density at radius 3 is 1.79 bits per heavy atom. The van der Waals surface area contributed by atoms with Crippen LogP contribution in [0, 0.1) is 27.7 Å². The number of amides is 2. The van der Waals surface area contributed by atoms with Crippen LogP contribution < -0.4 is 11.1 Å². The highest BCUT2D eigenvalue weighted by molar-refractivity contribution is 5.97. The molecule has 8 heteroatoms. The average molecular weight is 398 g/mol. The molecule has 2 N–H and O–H groups in total. The minimum Gasteiger partial charge on any atom is -0.335 e. The summed E-state index contributed by atoms with van der Waals surface area (Å²) in [5.74, 6) is -0.681. The SMILES string of the molecule is Cc1cc(C)c(C(=O)N2CCN(C(=O)c3c(C)cc(C)[nH]c3=O)[C@@H](C)C2)c(=O)[nH]1. The van der Waals surface area contributed by atoms with E-state index in [1.165, 1.54) is 0 Å². The molecule has 8 nitrogen and oxygen atoms in total. The van der Waals surface area contributed by atoms with Gasteiger partial charge in [0.2, 0.25) is 0 Å². The van der Waals surface area contributed by atoms with Crippen molar-refractivity contribution in [3.63, 3.8) is 0 Å². The van der Waals surface area contributed by atoms with E-state index in [-0.39, 0.29) is 29.0 Å². The molecule has 1 fully saturated rings. The molecule has 0 aliphatic carbocycles. The lowest BCUT2D eigenvalue weighted by Gasteiger charge is -2.40. The number of aromatic amines is 2. The molecular weight excluding hydrogens is 372 g/mol. The van der Waals surface area contributed by atoms with Gasteiger partial charge in [0.1, 0.15) is 11.1 Å². The molecule has 29 heavy (non-hydrogen) atoms. The van der Waals surface area contributed by atoms with Gasteiger partial charge in [0.15, 0.2) is 0 Å². The van der Waals surface area contributed by atoms with E-state index in [1.54, 1.807) is 49.6 Å². The number of piperazine rings is 1. The topological polar surface area (TPSA) is 106 Å². The predicted molar refractivity (Wildman–Crippen MR) is 109 cm³/mol. The average Bonchev–Trinajstić information content (AvgIpc) is 2.59. The predicted octanol–water partition coefficient (Wildman–Crippen LogP) is 1.28. The molecule has 0 unspecified atom stereocenters. The van der Waals surface area contributed by atoms with Gasteiger partial charge in [-0.2, -0.15) is 0 Å². The van der Waals surface area contributed by atoms with Crippen molar-refractivity contribution in [2.45, 2.75) is 40.7 Å². The van der Waals surface area contributed by atoms with Crippen LogP contribution in [-0.4, -0.2) is 57.3 Å². The maximum atomic E-state index is 13.0. The van der Waals surface area contributed by atoms with Crippen molar-refractivity contribution in [1.82, 2.24) is 19.8 Å². The Labute approximate surface area is 168 Å². The molecule has 0 radical (unpaired) electrons. The lowest BCUT2D eigenvalue weighted by molar-refractivity contribution is 0.0411. The largest absolute Gasteiger partial charge is 0.335 e. The quantitative estimate of drug-likeness (QED) is 0.795. The fourth-order valence-corrected chi connectivity index (χ4v) is 3.98. The number of aryl methyl sites for hydroxylation is 4. The van der Waals surface area contributed by atoms with Crippen LogP contribution in [0.5, 0.6) is 0 Å².